The van der Waals surface area contributed by atoms with E-state index in [9.17, 15) is 18.5 Å². The molecule has 9 heteroatoms. The monoisotopic (exact) mass is 335 g/mol. The summed E-state index contributed by atoms with van der Waals surface area (Å²) in [6, 6.07) is 0.946. The molecule has 0 aliphatic rings. The van der Waals surface area contributed by atoms with Crippen molar-refractivity contribution in [2.24, 2.45) is 0 Å². The average molecular weight is 335 g/mol. The van der Waals surface area contributed by atoms with E-state index in [-0.39, 0.29) is 20.9 Å². The number of nitrogens with one attached hydrogen (secondary N) is 1. The van der Waals surface area contributed by atoms with E-state index in [1.54, 1.807) is 20.8 Å². The maximum Gasteiger partial charge on any atom is 0.304 e. The summed E-state index contributed by atoms with van der Waals surface area (Å²) in [5.74, 6) is 0. The molecule has 1 aromatic rings. The lowest BCUT2D eigenvalue weighted by Gasteiger charge is -2.24. The summed E-state index contributed by atoms with van der Waals surface area (Å²) in [6.07, 6.45) is 0.685. The summed E-state index contributed by atoms with van der Waals surface area (Å²) in [4.78, 5) is 10.5. The highest BCUT2D eigenvalue weighted by molar-refractivity contribution is 7.91. The normalized spacial score (nSPS) is 12.1. The lowest BCUT2D eigenvalue weighted by Crippen LogP contribution is -2.37. The molecule has 1 rings (SSSR count). The Morgan fingerprint density at radius 3 is 2.48 bits per heavy atom. The summed E-state index contributed by atoms with van der Waals surface area (Å²) in [7, 11) is -3.71. The Morgan fingerprint density at radius 2 is 2.05 bits per heavy atom. The average Bonchev–Trinajstić information content (AvgIpc) is 2.80. The SMILES string of the molecule is CCCN(C(C)C)S(=O)(=O)c1cc([N+](=O)[O-])c(NCC)s1. The minimum absolute atomic E-state index is 0.00676. The number of anilines is 1. The second-order valence-corrected chi connectivity index (χ2v) is 7.95. The van der Waals surface area contributed by atoms with Crippen molar-refractivity contribution in [2.75, 3.05) is 18.4 Å². The van der Waals surface area contributed by atoms with Crippen molar-refractivity contribution in [1.29, 1.82) is 0 Å². The summed E-state index contributed by atoms with van der Waals surface area (Å²) < 4.78 is 26.7. The number of sulfonamides is 1. The largest absolute Gasteiger partial charge is 0.372 e. The van der Waals surface area contributed by atoms with Gasteiger partial charge in [0.2, 0.25) is 0 Å². The molecule has 0 bridgehead atoms. The first-order valence-corrected chi connectivity index (χ1v) is 9.05. The van der Waals surface area contributed by atoms with Gasteiger partial charge >= 0.3 is 5.69 Å². The first kappa shape index (κ1) is 17.9. The van der Waals surface area contributed by atoms with Gasteiger partial charge in [-0.2, -0.15) is 4.31 Å². The molecule has 120 valence electrons. The van der Waals surface area contributed by atoms with Crippen LogP contribution in [-0.2, 0) is 10.0 Å². The third-order valence-corrected chi connectivity index (χ3v) is 6.41. The maximum atomic E-state index is 12.6. The topological polar surface area (TPSA) is 92.5 Å². The number of nitrogens with zero attached hydrogens (tertiary/aromatic N) is 2. The van der Waals surface area contributed by atoms with Crippen LogP contribution in [0.25, 0.3) is 0 Å². The first-order chi connectivity index (χ1) is 9.75. The fourth-order valence-corrected chi connectivity index (χ4v) is 5.16. The molecule has 21 heavy (non-hydrogen) atoms. The molecule has 1 N–H and O–H groups in total. The van der Waals surface area contributed by atoms with Crippen LogP contribution >= 0.6 is 11.3 Å². The number of hydrogen-bond donors (Lipinski definition) is 1. The molecule has 0 saturated carbocycles. The third kappa shape index (κ3) is 3.92. The second-order valence-electron chi connectivity index (χ2n) is 4.78. The molecule has 0 aliphatic carbocycles. The van der Waals surface area contributed by atoms with Crippen LogP contribution in [0.2, 0.25) is 0 Å². The lowest BCUT2D eigenvalue weighted by atomic mass is 10.4. The van der Waals surface area contributed by atoms with Gasteiger partial charge in [0.05, 0.1) is 4.92 Å². The van der Waals surface area contributed by atoms with Gasteiger partial charge in [0.1, 0.15) is 4.21 Å². The summed E-state index contributed by atoms with van der Waals surface area (Å²) in [5, 5.41) is 14.2. The summed E-state index contributed by atoms with van der Waals surface area (Å²) in [6.45, 7) is 8.16. The van der Waals surface area contributed by atoms with Gasteiger partial charge in [-0.1, -0.05) is 18.3 Å². The summed E-state index contributed by atoms with van der Waals surface area (Å²) in [5.41, 5.74) is -0.194. The van der Waals surface area contributed by atoms with Crippen molar-refractivity contribution < 1.29 is 13.3 Å². The predicted octanol–water partition coefficient (Wildman–Crippen LogP) is 2.90. The molecule has 0 atom stereocenters. The zero-order valence-electron chi connectivity index (χ0n) is 12.6. The Kier molecular flexibility index (Phi) is 6.11. The van der Waals surface area contributed by atoms with E-state index in [1.807, 2.05) is 6.92 Å². The number of hydrogen-bond acceptors (Lipinski definition) is 6. The Morgan fingerprint density at radius 1 is 1.43 bits per heavy atom. The molecule has 0 unspecified atom stereocenters. The van der Waals surface area contributed by atoms with Crippen LogP contribution in [0.15, 0.2) is 10.3 Å². The molecule has 7 nitrogen and oxygen atoms in total. The first-order valence-electron chi connectivity index (χ1n) is 6.79. The Bertz CT molecular complexity index is 596. The number of nitro groups is 1. The van der Waals surface area contributed by atoms with Crippen LogP contribution in [0.1, 0.15) is 34.1 Å². The molecular weight excluding hydrogens is 314 g/mol. The van der Waals surface area contributed by atoms with Crippen LogP contribution in [-0.4, -0.2) is 36.8 Å². The van der Waals surface area contributed by atoms with Crippen molar-refractivity contribution in [3.05, 3.63) is 16.2 Å². The van der Waals surface area contributed by atoms with Gasteiger partial charge in [0, 0.05) is 25.2 Å². The molecule has 1 heterocycles. The van der Waals surface area contributed by atoms with Gasteiger partial charge in [-0.05, 0) is 27.2 Å². The van der Waals surface area contributed by atoms with E-state index in [0.29, 0.717) is 19.5 Å². The minimum Gasteiger partial charge on any atom is -0.372 e. The van der Waals surface area contributed by atoms with Crippen LogP contribution in [0.3, 0.4) is 0 Å². The zero-order valence-corrected chi connectivity index (χ0v) is 14.3. The molecule has 0 saturated heterocycles. The van der Waals surface area contributed by atoms with E-state index in [0.717, 1.165) is 17.4 Å². The van der Waals surface area contributed by atoms with Gasteiger partial charge < -0.3 is 5.32 Å². The van der Waals surface area contributed by atoms with E-state index in [4.69, 9.17) is 0 Å². The highest BCUT2D eigenvalue weighted by Crippen LogP contribution is 2.38. The molecule has 0 radical (unpaired) electrons. The Labute approximate surface area is 129 Å². The number of rotatable bonds is 8. The highest BCUT2D eigenvalue weighted by atomic mass is 32.2. The van der Waals surface area contributed by atoms with Crippen LogP contribution < -0.4 is 5.32 Å². The van der Waals surface area contributed by atoms with Crippen molar-refractivity contribution >= 4 is 32.0 Å². The van der Waals surface area contributed by atoms with Crippen molar-refractivity contribution in [3.8, 4) is 0 Å². The lowest BCUT2D eigenvalue weighted by molar-refractivity contribution is -0.383. The van der Waals surface area contributed by atoms with Crippen LogP contribution in [0.5, 0.6) is 0 Å². The molecule has 0 fully saturated rings. The van der Waals surface area contributed by atoms with Crippen LogP contribution in [0, 0.1) is 10.1 Å². The van der Waals surface area contributed by atoms with Crippen molar-refractivity contribution in [2.45, 2.75) is 44.4 Å². The van der Waals surface area contributed by atoms with Gasteiger partial charge in [-0.25, -0.2) is 8.42 Å². The highest BCUT2D eigenvalue weighted by Gasteiger charge is 2.31. The predicted molar refractivity (Wildman–Crippen MR) is 84.5 cm³/mol. The molecule has 1 aromatic heterocycles. The fraction of sp³-hybridized carbons (Fsp3) is 0.667. The summed E-state index contributed by atoms with van der Waals surface area (Å²) >= 11 is 0.909. The maximum absolute atomic E-state index is 12.6. The third-order valence-electron chi connectivity index (χ3n) is 2.81. The smallest absolute Gasteiger partial charge is 0.304 e. The van der Waals surface area contributed by atoms with Crippen LogP contribution in [0.4, 0.5) is 10.7 Å². The second kappa shape index (κ2) is 7.19. The van der Waals surface area contributed by atoms with E-state index in [2.05, 4.69) is 5.32 Å². The van der Waals surface area contributed by atoms with Gasteiger partial charge in [-0.3, -0.25) is 10.1 Å². The van der Waals surface area contributed by atoms with Gasteiger partial charge in [-0.15, -0.1) is 0 Å². The zero-order chi connectivity index (χ0) is 16.2. The van der Waals surface area contributed by atoms with E-state index >= 15 is 0 Å². The Hall–Kier alpha value is -1.19. The van der Waals surface area contributed by atoms with Gasteiger partial charge in [0.25, 0.3) is 10.0 Å². The van der Waals surface area contributed by atoms with Crippen molar-refractivity contribution in [1.82, 2.24) is 4.31 Å². The molecule has 0 aliphatic heterocycles. The van der Waals surface area contributed by atoms with E-state index < -0.39 is 14.9 Å². The molecular formula is C12H21N3O4S2. The molecule has 0 aromatic carbocycles. The fourth-order valence-electron chi connectivity index (χ4n) is 1.90. The van der Waals surface area contributed by atoms with Gasteiger partial charge in [0.15, 0.2) is 5.00 Å². The van der Waals surface area contributed by atoms with Crippen molar-refractivity contribution in [3.63, 3.8) is 0 Å². The molecule has 0 amide bonds. The quantitative estimate of drug-likeness (QED) is 0.582. The number of thiophene rings is 1. The van der Waals surface area contributed by atoms with E-state index in [1.165, 1.54) is 4.31 Å². The Balaban J connectivity index is 3.30. The molecule has 0 spiro atoms. The standard InChI is InChI=1S/C12H21N3O4S2/c1-5-7-14(9(3)4)21(18,19)11-8-10(15(16)17)12(20-11)13-6-2/h8-9,13H,5-7H2,1-4H3. The minimum atomic E-state index is -3.71.